The lowest BCUT2D eigenvalue weighted by atomic mass is 10.0. The highest BCUT2D eigenvalue weighted by atomic mass is 32.2. The highest BCUT2D eigenvalue weighted by Gasteiger charge is 2.21. The van der Waals surface area contributed by atoms with Gasteiger partial charge in [-0.15, -0.1) is 12.6 Å². The molecule has 170 valence electrons. The minimum Gasteiger partial charge on any atom is -0.612 e. The first-order chi connectivity index (χ1) is 15.0. The molecule has 0 spiro atoms. The van der Waals surface area contributed by atoms with E-state index in [2.05, 4.69) is 23.3 Å². The predicted octanol–water partition coefficient (Wildman–Crippen LogP) is 2.39. The molecule has 32 heavy (non-hydrogen) atoms. The molecule has 2 atom stereocenters. The molecule has 0 aliphatic rings. The topological polar surface area (TPSA) is 157 Å². The molecule has 0 bridgehead atoms. The SMILES string of the molecule is CC(=N)/C=C(\S)Nc1cc(N[C@H](Cc2ccc([S@@+](C)[O-])cc2)C(N)=O)c(F)cc1C(N)=O. The van der Waals surface area contributed by atoms with Crippen LogP contribution in [0.3, 0.4) is 0 Å². The molecular formula is C21H24FN5O3S2. The minimum atomic E-state index is -1.14. The van der Waals surface area contributed by atoms with Gasteiger partial charge >= 0.3 is 0 Å². The molecule has 0 saturated heterocycles. The van der Waals surface area contributed by atoms with E-state index in [0.29, 0.717) is 4.90 Å². The number of amides is 2. The summed E-state index contributed by atoms with van der Waals surface area (Å²) >= 11 is 3.06. The highest BCUT2D eigenvalue weighted by molar-refractivity contribution is 7.90. The standard InChI is InChI=1S/C21H24FN5O3S2/c1-11(23)7-19(31)27-16-10-17(15(22)9-14(16)20(24)28)26-18(21(25)29)8-12-3-5-13(6-4-12)32(2)30/h3-7,9-10,18,23,26-27,31H,8H2,1-2H3,(H2,24,28)(H2,25,29)/b19-7-,23-11?/t18-,32-/m1/s1. The zero-order valence-corrected chi connectivity index (χ0v) is 19.1. The lowest BCUT2D eigenvalue weighted by Crippen LogP contribution is -2.37. The van der Waals surface area contributed by atoms with Crippen molar-refractivity contribution >= 4 is 52.7 Å². The number of hydrogen-bond acceptors (Lipinski definition) is 7. The van der Waals surface area contributed by atoms with Crippen LogP contribution in [0.4, 0.5) is 15.8 Å². The first kappa shape index (κ1) is 25.2. The average Bonchev–Trinajstić information content (AvgIpc) is 2.69. The molecule has 11 heteroatoms. The van der Waals surface area contributed by atoms with E-state index in [-0.39, 0.29) is 34.1 Å². The zero-order chi connectivity index (χ0) is 24.0. The summed E-state index contributed by atoms with van der Waals surface area (Å²) in [6, 6.07) is 8.04. The van der Waals surface area contributed by atoms with Gasteiger partial charge < -0.3 is 32.1 Å². The smallest absolute Gasteiger partial charge is 0.250 e. The monoisotopic (exact) mass is 477 g/mol. The molecule has 2 aromatic rings. The van der Waals surface area contributed by atoms with Gasteiger partial charge in [0.25, 0.3) is 5.91 Å². The van der Waals surface area contributed by atoms with Crippen LogP contribution in [0.15, 0.2) is 52.4 Å². The Bertz CT molecular complexity index is 1060. The molecule has 0 aromatic heterocycles. The number of primary amides is 2. The van der Waals surface area contributed by atoms with E-state index >= 15 is 0 Å². The number of halogens is 1. The van der Waals surface area contributed by atoms with Crippen LogP contribution in [0.5, 0.6) is 0 Å². The quantitative estimate of drug-likeness (QED) is 0.176. The Morgan fingerprint density at radius 3 is 2.38 bits per heavy atom. The molecule has 0 radical (unpaired) electrons. The third kappa shape index (κ3) is 7.01. The summed E-state index contributed by atoms with van der Waals surface area (Å²) in [5.74, 6) is -2.39. The summed E-state index contributed by atoms with van der Waals surface area (Å²) in [5.41, 5.74) is 11.7. The van der Waals surface area contributed by atoms with Crippen LogP contribution in [-0.2, 0) is 22.4 Å². The second-order valence-corrected chi connectivity index (χ2v) is 8.84. The zero-order valence-electron chi connectivity index (χ0n) is 17.4. The number of anilines is 2. The fourth-order valence-electron chi connectivity index (χ4n) is 2.83. The highest BCUT2D eigenvalue weighted by Crippen LogP contribution is 2.27. The number of carbonyl (C=O) groups is 2. The molecule has 2 amide bonds. The summed E-state index contributed by atoms with van der Waals surface area (Å²) in [6.45, 7) is 1.53. The van der Waals surface area contributed by atoms with Crippen LogP contribution in [0.2, 0.25) is 0 Å². The lowest BCUT2D eigenvalue weighted by Gasteiger charge is -2.19. The van der Waals surface area contributed by atoms with Gasteiger partial charge in [0.15, 0.2) is 4.90 Å². The maximum atomic E-state index is 14.7. The summed E-state index contributed by atoms with van der Waals surface area (Å²) < 4.78 is 26.2. The molecule has 0 heterocycles. The molecule has 0 fully saturated rings. The molecule has 0 unspecified atom stereocenters. The Labute approximate surface area is 193 Å². The number of benzene rings is 2. The molecule has 2 rings (SSSR count). The Morgan fingerprint density at radius 2 is 1.88 bits per heavy atom. The van der Waals surface area contributed by atoms with Gasteiger partial charge in [-0.25, -0.2) is 4.39 Å². The van der Waals surface area contributed by atoms with Crippen LogP contribution in [0.25, 0.3) is 0 Å². The predicted molar refractivity (Wildman–Crippen MR) is 128 cm³/mol. The van der Waals surface area contributed by atoms with Crippen LogP contribution in [-0.4, -0.2) is 34.4 Å². The number of thiol groups is 1. The molecule has 0 aliphatic heterocycles. The number of nitrogens with one attached hydrogen (secondary N) is 3. The van der Waals surface area contributed by atoms with Gasteiger partial charge in [0.2, 0.25) is 5.91 Å². The summed E-state index contributed by atoms with van der Waals surface area (Å²) in [4.78, 5) is 24.4. The second-order valence-electron chi connectivity index (χ2n) is 6.98. The molecule has 7 N–H and O–H groups in total. The van der Waals surface area contributed by atoms with Gasteiger partial charge in [-0.05, 0) is 54.0 Å². The van der Waals surface area contributed by atoms with Gasteiger partial charge in [0.05, 0.1) is 22.0 Å². The molecule has 8 nitrogen and oxygen atoms in total. The van der Waals surface area contributed by atoms with Crippen molar-refractivity contribution in [2.24, 2.45) is 11.5 Å². The largest absolute Gasteiger partial charge is 0.612 e. The van der Waals surface area contributed by atoms with E-state index in [1.165, 1.54) is 19.1 Å². The Kier molecular flexibility index (Phi) is 8.70. The number of nitrogens with two attached hydrogens (primary N) is 2. The van der Waals surface area contributed by atoms with Crippen LogP contribution < -0.4 is 22.1 Å². The first-order valence-electron chi connectivity index (χ1n) is 9.32. The third-order valence-electron chi connectivity index (χ3n) is 4.36. The summed E-state index contributed by atoms with van der Waals surface area (Å²) in [6.07, 6.45) is 3.10. The van der Waals surface area contributed by atoms with E-state index in [0.717, 1.165) is 11.6 Å². The van der Waals surface area contributed by atoms with Crippen molar-refractivity contribution in [3.05, 3.63) is 64.4 Å². The first-order valence-corrected chi connectivity index (χ1v) is 11.3. The van der Waals surface area contributed by atoms with E-state index in [9.17, 15) is 18.5 Å². The van der Waals surface area contributed by atoms with Crippen LogP contribution >= 0.6 is 12.6 Å². The van der Waals surface area contributed by atoms with Crippen molar-refractivity contribution in [1.29, 1.82) is 5.41 Å². The Balaban J connectivity index is 2.34. The van der Waals surface area contributed by atoms with Gasteiger partial charge in [-0.1, -0.05) is 12.1 Å². The minimum absolute atomic E-state index is 0.0831. The van der Waals surface area contributed by atoms with Crippen LogP contribution in [0.1, 0.15) is 22.8 Å². The number of carbonyl (C=O) groups excluding carboxylic acids is 2. The van der Waals surface area contributed by atoms with E-state index in [1.807, 2.05) is 0 Å². The van der Waals surface area contributed by atoms with Gasteiger partial charge in [0.1, 0.15) is 18.1 Å². The van der Waals surface area contributed by atoms with Crippen molar-refractivity contribution in [2.75, 3.05) is 16.9 Å². The fraction of sp³-hybridized carbons (Fsp3) is 0.190. The van der Waals surface area contributed by atoms with Crippen molar-refractivity contribution in [1.82, 2.24) is 0 Å². The van der Waals surface area contributed by atoms with Crippen LogP contribution in [0, 0.1) is 11.2 Å². The second kappa shape index (κ2) is 11.0. The Hall–Kier alpha value is -3.02. The normalized spacial score (nSPS) is 13.2. The number of hydrogen-bond donors (Lipinski definition) is 6. The molecule has 0 aliphatic carbocycles. The van der Waals surface area contributed by atoms with E-state index in [4.69, 9.17) is 16.9 Å². The van der Waals surface area contributed by atoms with Gasteiger partial charge in [-0.3, -0.25) is 9.59 Å². The average molecular weight is 478 g/mol. The number of allylic oxidation sites excluding steroid dienone is 1. The van der Waals surface area contributed by atoms with Crippen molar-refractivity contribution in [3.63, 3.8) is 0 Å². The van der Waals surface area contributed by atoms with Crippen molar-refractivity contribution < 1.29 is 18.5 Å². The lowest BCUT2D eigenvalue weighted by molar-refractivity contribution is -0.118. The summed E-state index contributed by atoms with van der Waals surface area (Å²) in [5, 5.41) is 13.3. The van der Waals surface area contributed by atoms with Crippen molar-refractivity contribution in [2.45, 2.75) is 24.3 Å². The molecule has 2 aromatic carbocycles. The Morgan fingerprint density at radius 1 is 1.25 bits per heavy atom. The third-order valence-corrected chi connectivity index (χ3v) is 5.53. The molecular weight excluding hydrogens is 453 g/mol. The van der Waals surface area contributed by atoms with E-state index < -0.39 is 34.8 Å². The van der Waals surface area contributed by atoms with Gasteiger partial charge in [-0.2, -0.15) is 0 Å². The maximum Gasteiger partial charge on any atom is 0.250 e. The van der Waals surface area contributed by atoms with Crippen molar-refractivity contribution in [3.8, 4) is 0 Å². The van der Waals surface area contributed by atoms with E-state index in [1.54, 1.807) is 30.5 Å². The summed E-state index contributed by atoms with van der Waals surface area (Å²) in [7, 11) is 0. The maximum absolute atomic E-state index is 14.7. The molecule has 0 saturated carbocycles. The fourth-order valence-corrected chi connectivity index (χ4v) is 3.67. The van der Waals surface area contributed by atoms with Gasteiger partial charge in [0, 0.05) is 12.1 Å². The number of rotatable bonds is 10.